The number of hydrogen-bond acceptors (Lipinski definition) is 3. The Bertz CT molecular complexity index is 462. The molecule has 4 nitrogen and oxygen atoms in total. The number of nitrogens with zero attached hydrogens (tertiary/aromatic N) is 1. The van der Waals surface area contributed by atoms with Crippen LogP contribution in [0, 0.1) is 5.92 Å². The Balaban J connectivity index is 2.10. The van der Waals surface area contributed by atoms with Crippen molar-refractivity contribution in [2.24, 2.45) is 5.92 Å². The Kier molecular flexibility index (Phi) is 5.01. The van der Waals surface area contributed by atoms with Gasteiger partial charge in [-0.2, -0.15) is 0 Å². The second-order valence-corrected chi connectivity index (χ2v) is 5.43. The van der Waals surface area contributed by atoms with Crippen LogP contribution in [0.15, 0.2) is 24.3 Å². The van der Waals surface area contributed by atoms with Crippen LogP contribution in [0.1, 0.15) is 32.3 Å². The predicted octanol–water partition coefficient (Wildman–Crippen LogP) is 2.43. The van der Waals surface area contributed by atoms with Crippen molar-refractivity contribution in [3.05, 3.63) is 29.8 Å². The number of hydrogen-bond donors (Lipinski definition) is 1. The van der Waals surface area contributed by atoms with Crippen LogP contribution in [0.5, 0.6) is 0 Å². The van der Waals surface area contributed by atoms with Gasteiger partial charge in [0.2, 0.25) is 5.91 Å². The first-order valence-corrected chi connectivity index (χ1v) is 7.37. The monoisotopic (exact) mass is 276 g/mol. The third kappa shape index (κ3) is 3.31. The highest BCUT2D eigenvalue weighted by molar-refractivity contribution is 5.79. The summed E-state index contributed by atoms with van der Waals surface area (Å²) in [7, 11) is 0. The first kappa shape index (κ1) is 14.9. The Hall–Kier alpha value is -1.55. The van der Waals surface area contributed by atoms with E-state index in [9.17, 15) is 4.79 Å². The molecule has 0 aliphatic carbocycles. The highest BCUT2D eigenvalue weighted by atomic mass is 16.5. The summed E-state index contributed by atoms with van der Waals surface area (Å²) in [6.07, 6.45) is 1.79. The van der Waals surface area contributed by atoms with Crippen LogP contribution >= 0.6 is 0 Å². The van der Waals surface area contributed by atoms with E-state index in [1.165, 1.54) is 0 Å². The fraction of sp³-hybridized carbons (Fsp3) is 0.562. The van der Waals surface area contributed by atoms with Crippen LogP contribution in [-0.2, 0) is 16.1 Å². The van der Waals surface area contributed by atoms with Gasteiger partial charge in [-0.1, -0.05) is 25.1 Å². The number of nitrogens with two attached hydrogens (primary N) is 1. The number of rotatable bonds is 5. The number of para-hydroxylation sites is 1. The van der Waals surface area contributed by atoms with Crippen LogP contribution < -0.4 is 5.73 Å². The second-order valence-electron chi connectivity index (χ2n) is 5.43. The van der Waals surface area contributed by atoms with Crippen LogP contribution in [0.4, 0.5) is 5.69 Å². The molecule has 1 aromatic carbocycles. The Labute approximate surface area is 120 Å². The molecule has 2 rings (SSSR count). The lowest BCUT2D eigenvalue weighted by atomic mass is 10.0. The molecule has 0 radical (unpaired) electrons. The third-order valence-electron chi connectivity index (χ3n) is 3.91. The van der Waals surface area contributed by atoms with Crippen molar-refractivity contribution in [2.45, 2.75) is 39.3 Å². The van der Waals surface area contributed by atoms with Gasteiger partial charge in [-0.05, 0) is 31.4 Å². The first-order chi connectivity index (χ1) is 9.63. The van der Waals surface area contributed by atoms with Crippen LogP contribution in [-0.4, -0.2) is 30.1 Å². The summed E-state index contributed by atoms with van der Waals surface area (Å²) in [4.78, 5) is 14.6. The summed E-state index contributed by atoms with van der Waals surface area (Å²) in [5, 5.41) is 0. The summed E-state index contributed by atoms with van der Waals surface area (Å²) >= 11 is 0. The summed E-state index contributed by atoms with van der Waals surface area (Å²) in [5.74, 6) is 0.187. The van der Waals surface area contributed by atoms with E-state index in [0.717, 1.165) is 30.6 Å². The summed E-state index contributed by atoms with van der Waals surface area (Å²) in [5.41, 5.74) is 7.75. The van der Waals surface area contributed by atoms with Crippen LogP contribution in [0.2, 0.25) is 0 Å². The molecule has 0 bridgehead atoms. The Morgan fingerprint density at radius 3 is 2.80 bits per heavy atom. The van der Waals surface area contributed by atoms with Gasteiger partial charge in [0.25, 0.3) is 0 Å². The maximum absolute atomic E-state index is 12.7. The Morgan fingerprint density at radius 2 is 2.20 bits per heavy atom. The van der Waals surface area contributed by atoms with Gasteiger partial charge < -0.3 is 15.4 Å². The normalized spacial score (nSPS) is 21.9. The van der Waals surface area contributed by atoms with E-state index in [2.05, 4.69) is 6.92 Å². The molecule has 20 heavy (non-hydrogen) atoms. The number of nitrogen functional groups attached to an aromatic ring is 1. The standard InChI is InChI=1S/C16H24N2O2/c1-3-9-18(11-13-6-4-5-7-15(13)17)16(19)14-8-10-20-12(14)2/h4-7,12,14H,3,8-11,17H2,1-2H3. The maximum Gasteiger partial charge on any atom is 0.228 e. The average molecular weight is 276 g/mol. The van der Waals surface area contributed by atoms with Crippen molar-refractivity contribution >= 4 is 11.6 Å². The molecule has 1 aliphatic heterocycles. The van der Waals surface area contributed by atoms with Crippen molar-refractivity contribution in [3.8, 4) is 0 Å². The minimum Gasteiger partial charge on any atom is -0.398 e. The van der Waals surface area contributed by atoms with Gasteiger partial charge in [0.1, 0.15) is 0 Å². The lowest BCUT2D eigenvalue weighted by Gasteiger charge is -2.27. The van der Waals surface area contributed by atoms with Gasteiger partial charge >= 0.3 is 0 Å². The SMILES string of the molecule is CCCN(Cc1ccccc1N)C(=O)C1CCOC1C. The highest BCUT2D eigenvalue weighted by Gasteiger charge is 2.33. The molecule has 2 atom stereocenters. The Morgan fingerprint density at radius 1 is 1.45 bits per heavy atom. The zero-order valence-electron chi connectivity index (χ0n) is 12.3. The zero-order valence-corrected chi connectivity index (χ0v) is 12.3. The van der Waals surface area contributed by atoms with Gasteiger partial charge in [-0.25, -0.2) is 0 Å². The fourth-order valence-electron chi connectivity index (χ4n) is 2.71. The molecule has 1 saturated heterocycles. The van der Waals surface area contributed by atoms with Gasteiger partial charge in [0, 0.05) is 25.4 Å². The van der Waals surface area contributed by atoms with E-state index in [0.29, 0.717) is 13.2 Å². The van der Waals surface area contributed by atoms with E-state index in [4.69, 9.17) is 10.5 Å². The minimum atomic E-state index is -0.00788. The summed E-state index contributed by atoms with van der Waals surface area (Å²) in [6, 6.07) is 7.74. The van der Waals surface area contributed by atoms with Crippen molar-refractivity contribution in [1.82, 2.24) is 4.90 Å². The van der Waals surface area contributed by atoms with Crippen LogP contribution in [0.25, 0.3) is 0 Å². The molecule has 1 amide bonds. The number of carbonyl (C=O) groups excluding carboxylic acids is 1. The summed E-state index contributed by atoms with van der Waals surface area (Å²) in [6.45, 7) is 6.10. The molecule has 2 unspecified atom stereocenters. The number of anilines is 1. The molecule has 2 N–H and O–H groups in total. The minimum absolute atomic E-state index is 0.00788. The van der Waals surface area contributed by atoms with Crippen LogP contribution in [0.3, 0.4) is 0 Å². The van der Waals surface area contributed by atoms with Crippen molar-refractivity contribution in [1.29, 1.82) is 0 Å². The molecular formula is C16H24N2O2. The van der Waals surface area contributed by atoms with Gasteiger partial charge in [0.15, 0.2) is 0 Å². The van der Waals surface area contributed by atoms with Crippen molar-refractivity contribution < 1.29 is 9.53 Å². The molecule has 0 saturated carbocycles. The van der Waals surface area contributed by atoms with E-state index < -0.39 is 0 Å². The number of benzene rings is 1. The number of ether oxygens (including phenoxy) is 1. The van der Waals surface area contributed by atoms with Gasteiger partial charge in [0.05, 0.1) is 12.0 Å². The van der Waals surface area contributed by atoms with Crippen molar-refractivity contribution in [3.63, 3.8) is 0 Å². The summed E-state index contributed by atoms with van der Waals surface area (Å²) < 4.78 is 5.52. The lowest BCUT2D eigenvalue weighted by molar-refractivity contribution is -0.137. The molecule has 110 valence electrons. The van der Waals surface area contributed by atoms with E-state index in [1.807, 2.05) is 36.1 Å². The fourth-order valence-corrected chi connectivity index (χ4v) is 2.71. The first-order valence-electron chi connectivity index (χ1n) is 7.37. The average Bonchev–Trinajstić information content (AvgIpc) is 2.86. The van der Waals surface area contributed by atoms with Gasteiger partial charge in [-0.3, -0.25) is 4.79 Å². The van der Waals surface area contributed by atoms with Crippen molar-refractivity contribution in [2.75, 3.05) is 18.9 Å². The molecule has 0 spiro atoms. The third-order valence-corrected chi connectivity index (χ3v) is 3.91. The predicted molar refractivity (Wildman–Crippen MR) is 80.1 cm³/mol. The quantitative estimate of drug-likeness (QED) is 0.840. The second kappa shape index (κ2) is 6.75. The largest absolute Gasteiger partial charge is 0.398 e. The molecular weight excluding hydrogens is 252 g/mol. The van der Waals surface area contributed by atoms with E-state index >= 15 is 0 Å². The zero-order chi connectivity index (χ0) is 14.5. The molecule has 1 aliphatic rings. The topological polar surface area (TPSA) is 55.6 Å². The molecule has 1 heterocycles. The lowest BCUT2D eigenvalue weighted by Crippen LogP contribution is -2.38. The van der Waals surface area contributed by atoms with E-state index in [-0.39, 0.29) is 17.9 Å². The molecule has 0 aromatic heterocycles. The molecule has 1 fully saturated rings. The highest BCUT2D eigenvalue weighted by Crippen LogP contribution is 2.24. The number of carbonyl (C=O) groups is 1. The molecule has 1 aromatic rings. The van der Waals surface area contributed by atoms with E-state index in [1.54, 1.807) is 0 Å². The molecule has 4 heteroatoms. The maximum atomic E-state index is 12.7. The van der Waals surface area contributed by atoms with Gasteiger partial charge in [-0.15, -0.1) is 0 Å². The number of amides is 1. The smallest absolute Gasteiger partial charge is 0.228 e.